The van der Waals surface area contributed by atoms with Crippen LogP contribution in [-0.2, 0) is 5.75 Å². The van der Waals surface area contributed by atoms with Crippen LogP contribution in [0.3, 0.4) is 0 Å². The molecule has 0 aliphatic carbocycles. The van der Waals surface area contributed by atoms with Gasteiger partial charge >= 0.3 is 6.03 Å². The van der Waals surface area contributed by atoms with Crippen LogP contribution >= 0.6 is 23.4 Å². The van der Waals surface area contributed by atoms with Crippen molar-refractivity contribution in [1.82, 2.24) is 5.32 Å². The first kappa shape index (κ1) is 17.1. The molecule has 0 radical (unpaired) electrons. The first-order chi connectivity index (χ1) is 9.47. The van der Waals surface area contributed by atoms with E-state index in [1.54, 1.807) is 17.8 Å². The third-order valence-corrected chi connectivity index (χ3v) is 4.04. The second kappa shape index (κ2) is 8.39. The zero-order valence-electron chi connectivity index (χ0n) is 11.9. The Balaban J connectivity index is 2.67. The lowest BCUT2D eigenvalue weighted by Gasteiger charge is -2.20. The summed E-state index contributed by atoms with van der Waals surface area (Å²) in [5.41, 5.74) is 1.70. The maximum atomic E-state index is 11.9. The van der Waals surface area contributed by atoms with E-state index in [1.165, 1.54) is 0 Å². The maximum absolute atomic E-state index is 11.9. The summed E-state index contributed by atoms with van der Waals surface area (Å²) in [5.74, 6) is 0.866. The van der Waals surface area contributed by atoms with Gasteiger partial charge in [0, 0.05) is 18.4 Å². The van der Waals surface area contributed by atoms with Gasteiger partial charge in [0.05, 0.1) is 10.7 Å². The van der Waals surface area contributed by atoms with E-state index in [0.29, 0.717) is 10.7 Å². The molecule has 4 nitrogen and oxygen atoms in total. The van der Waals surface area contributed by atoms with E-state index >= 15 is 0 Å². The summed E-state index contributed by atoms with van der Waals surface area (Å²) in [6.45, 7) is 3.76. The van der Waals surface area contributed by atoms with Crippen molar-refractivity contribution >= 4 is 35.1 Å². The highest BCUT2D eigenvalue weighted by Crippen LogP contribution is 2.24. The molecule has 0 bridgehead atoms. The molecule has 20 heavy (non-hydrogen) atoms. The summed E-state index contributed by atoms with van der Waals surface area (Å²) >= 11 is 7.78. The van der Waals surface area contributed by atoms with E-state index in [2.05, 4.69) is 10.6 Å². The molecule has 0 fully saturated rings. The van der Waals surface area contributed by atoms with Crippen LogP contribution in [0.2, 0.25) is 5.02 Å². The molecule has 2 amide bonds. The van der Waals surface area contributed by atoms with E-state index in [0.717, 1.165) is 11.3 Å². The Hall–Kier alpha value is -0.910. The summed E-state index contributed by atoms with van der Waals surface area (Å²) in [7, 11) is 0. The Bertz CT molecular complexity index is 457. The van der Waals surface area contributed by atoms with Gasteiger partial charge in [-0.25, -0.2) is 4.79 Å². The molecular formula is C14H21ClN2O2S. The number of benzene rings is 1. The topological polar surface area (TPSA) is 61.4 Å². The minimum absolute atomic E-state index is 0.000882. The number of urea groups is 1. The average molecular weight is 317 g/mol. The SMILES string of the molecule is CSCc1ccc(Cl)c(NC(=O)N[C@H](C)[C@@H](C)CO)c1. The Morgan fingerprint density at radius 3 is 2.75 bits per heavy atom. The van der Waals surface area contributed by atoms with Crippen LogP contribution in [0.4, 0.5) is 10.5 Å². The van der Waals surface area contributed by atoms with E-state index < -0.39 is 0 Å². The number of thioether (sulfide) groups is 1. The van der Waals surface area contributed by atoms with Crippen molar-refractivity contribution in [2.45, 2.75) is 25.6 Å². The molecule has 3 N–H and O–H groups in total. The molecule has 0 saturated carbocycles. The monoisotopic (exact) mass is 316 g/mol. The standard InChI is InChI=1S/C14H21ClN2O2S/c1-9(7-18)10(2)16-14(19)17-13-6-11(8-20-3)4-5-12(13)15/h4-6,9-10,18H,7-8H2,1-3H3,(H2,16,17,19)/t9-,10+/m0/s1. The summed E-state index contributed by atoms with van der Waals surface area (Å²) in [6.07, 6.45) is 2.02. The first-order valence-corrected chi connectivity index (χ1v) is 8.20. The third kappa shape index (κ3) is 5.23. The van der Waals surface area contributed by atoms with Gasteiger partial charge in [-0.05, 0) is 36.8 Å². The predicted molar refractivity (Wildman–Crippen MR) is 86.5 cm³/mol. The van der Waals surface area contributed by atoms with Crippen LogP contribution < -0.4 is 10.6 Å². The van der Waals surface area contributed by atoms with Gasteiger partial charge in [-0.3, -0.25) is 0 Å². The zero-order chi connectivity index (χ0) is 15.1. The minimum Gasteiger partial charge on any atom is -0.396 e. The molecule has 0 unspecified atom stereocenters. The number of halogens is 1. The van der Waals surface area contributed by atoms with Gasteiger partial charge in [0.1, 0.15) is 0 Å². The van der Waals surface area contributed by atoms with E-state index in [4.69, 9.17) is 16.7 Å². The highest BCUT2D eigenvalue weighted by atomic mass is 35.5. The van der Waals surface area contributed by atoms with Crippen LogP contribution in [0.1, 0.15) is 19.4 Å². The molecule has 1 rings (SSSR count). The molecule has 0 saturated heterocycles. The van der Waals surface area contributed by atoms with Crippen LogP contribution in [0.15, 0.2) is 18.2 Å². The lowest BCUT2D eigenvalue weighted by atomic mass is 10.1. The number of carbonyl (C=O) groups excluding carboxylic acids is 1. The molecule has 0 aliphatic rings. The lowest BCUT2D eigenvalue weighted by Crippen LogP contribution is -2.40. The lowest BCUT2D eigenvalue weighted by molar-refractivity contribution is 0.204. The number of aliphatic hydroxyl groups is 1. The number of hydrogen-bond acceptors (Lipinski definition) is 3. The fourth-order valence-electron chi connectivity index (χ4n) is 1.59. The first-order valence-electron chi connectivity index (χ1n) is 6.43. The molecule has 0 aliphatic heterocycles. The Morgan fingerprint density at radius 1 is 1.45 bits per heavy atom. The van der Waals surface area contributed by atoms with Crippen molar-refractivity contribution in [2.75, 3.05) is 18.2 Å². The smallest absolute Gasteiger partial charge is 0.319 e. The Labute approximate surface area is 129 Å². The van der Waals surface area contributed by atoms with Crippen LogP contribution in [0, 0.1) is 5.92 Å². The molecular weight excluding hydrogens is 296 g/mol. The van der Waals surface area contributed by atoms with Crippen molar-refractivity contribution in [1.29, 1.82) is 0 Å². The maximum Gasteiger partial charge on any atom is 0.319 e. The average Bonchev–Trinajstić information content (AvgIpc) is 2.41. The second-order valence-electron chi connectivity index (χ2n) is 4.79. The fraction of sp³-hybridized carbons (Fsp3) is 0.500. The number of hydrogen-bond donors (Lipinski definition) is 3. The van der Waals surface area contributed by atoms with Gasteiger partial charge in [-0.2, -0.15) is 11.8 Å². The summed E-state index contributed by atoms with van der Waals surface area (Å²) in [4.78, 5) is 11.9. The highest BCUT2D eigenvalue weighted by Gasteiger charge is 2.14. The largest absolute Gasteiger partial charge is 0.396 e. The van der Waals surface area contributed by atoms with E-state index in [-0.39, 0.29) is 24.6 Å². The van der Waals surface area contributed by atoms with Gasteiger partial charge in [0.15, 0.2) is 0 Å². The molecule has 0 spiro atoms. The van der Waals surface area contributed by atoms with E-state index in [9.17, 15) is 4.79 Å². The van der Waals surface area contributed by atoms with Gasteiger partial charge < -0.3 is 15.7 Å². The van der Waals surface area contributed by atoms with Gasteiger partial charge in [0.25, 0.3) is 0 Å². The second-order valence-corrected chi connectivity index (χ2v) is 6.07. The molecule has 1 aromatic rings. The van der Waals surface area contributed by atoms with Crippen LogP contribution in [-0.4, -0.2) is 30.0 Å². The number of aliphatic hydroxyl groups excluding tert-OH is 1. The number of anilines is 1. The van der Waals surface area contributed by atoms with Crippen molar-refractivity contribution in [2.24, 2.45) is 5.92 Å². The minimum atomic E-state index is -0.319. The van der Waals surface area contributed by atoms with Crippen molar-refractivity contribution in [3.8, 4) is 0 Å². The summed E-state index contributed by atoms with van der Waals surface area (Å²) in [6, 6.07) is 5.16. The number of rotatable bonds is 6. The van der Waals surface area contributed by atoms with Crippen LogP contribution in [0.25, 0.3) is 0 Å². The van der Waals surface area contributed by atoms with Gasteiger partial charge in [-0.15, -0.1) is 0 Å². The number of carbonyl (C=O) groups is 1. The predicted octanol–water partition coefficient (Wildman–Crippen LogP) is 3.34. The van der Waals surface area contributed by atoms with Crippen LogP contribution in [0.5, 0.6) is 0 Å². The van der Waals surface area contributed by atoms with Crippen molar-refractivity contribution < 1.29 is 9.90 Å². The third-order valence-electron chi connectivity index (χ3n) is 3.09. The fourth-order valence-corrected chi connectivity index (χ4v) is 2.27. The molecule has 0 aromatic heterocycles. The highest BCUT2D eigenvalue weighted by molar-refractivity contribution is 7.97. The number of amides is 2. The molecule has 112 valence electrons. The van der Waals surface area contributed by atoms with Crippen molar-refractivity contribution in [3.63, 3.8) is 0 Å². The van der Waals surface area contributed by atoms with Gasteiger partial charge in [-0.1, -0.05) is 24.6 Å². The summed E-state index contributed by atoms with van der Waals surface area (Å²) < 4.78 is 0. The van der Waals surface area contributed by atoms with E-state index in [1.807, 2.05) is 32.2 Å². The molecule has 0 heterocycles. The number of nitrogens with one attached hydrogen (secondary N) is 2. The molecule has 1 aromatic carbocycles. The normalized spacial score (nSPS) is 13.7. The zero-order valence-corrected chi connectivity index (χ0v) is 13.5. The Morgan fingerprint density at radius 2 is 2.15 bits per heavy atom. The summed E-state index contributed by atoms with van der Waals surface area (Å²) in [5, 5.41) is 15.1. The Kier molecular flexibility index (Phi) is 7.19. The molecule has 6 heteroatoms. The van der Waals surface area contributed by atoms with Gasteiger partial charge in [0.2, 0.25) is 0 Å². The quantitative estimate of drug-likeness (QED) is 0.754. The van der Waals surface area contributed by atoms with Crippen molar-refractivity contribution in [3.05, 3.63) is 28.8 Å². The molecule has 2 atom stereocenters.